The van der Waals surface area contributed by atoms with E-state index < -0.39 is 17.5 Å². The molecule has 2 aliphatic heterocycles. The first kappa shape index (κ1) is 58.8. The average Bonchev–Trinajstić information content (AvgIpc) is 4.14. The lowest BCUT2D eigenvalue weighted by Crippen LogP contribution is -2.47. The quantitative estimate of drug-likeness (QED) is 0.0280. The summed E-state index contributed by atoms with van der Waals surface area (Å²) in [7, 11) is 1.65. The Bertz CT molecular complexity index is 2680. The fourth-order valence-electron chi connectivity index (χ4n) is 9.85. The van der Waals surface area contributed by atoms with E-state index in [0.29, 0.717) is 127 Å². The van der Waals surface area contributed by atoms with Crippen LogP contribution in [-0.4, -0.2) is 118 Å². The molecule has 412 valence electrons. The van der Waals surface area contributed by atoms with E-state index in [1.54, 1.807) is 34.0 Å². The molecule has 3 atom stereocenters. The van der Waals surface area contributed by atoms with Crippen LogP contribution >= 0.6 is 0 Å². The van der Waals surface area contributed by atoms with Crippen LogP contribution in [0.5, 0.6) is 0 Å². The number of methoxy groups -OCH3 is 1. The molecule has 1 aromatic carbocycles. The summed E-state index contributed by atoms with van der Waals surface area (Å²) in [4.78, 5) is 45.8. The van der Waals surface area contributed by atoms with Gasteiger partial charge in [-0.15, -0.1) is 10.2 Å². The van der Waals surface area contributed by atoms with Gasteiger partial charge in [0, 0.05) is 47.4 Å². The first-order valence-electron chi connectivity index (χ1n) is 26.5. The molecule has 7 rings (SSSR count). The number of hydrogen-bond acceptors (Lipinski definition) is 16. The number of aromatic nitrogens is 8. The zero-order valence-electron chi connectivity index (χ0n) is 44.9. The summed E-state index contributed by atoms with van der Waals surface area (Å²) in [6.07, 6.45) is 8.66. The Hall–Kier alpha value is -5.44. The minimum absolute atomic E-state index is 0. The van der Waals surface area contributed by atoms with Gasteiger partial charge in [0.1, 0.15) is 18.0 Å². The van der Waals surface area contributed by atoms with Crippen molar-refractivity contribution in [2.75, 3.05) is 60.0 Å². The predicted molar refractivity (Wildman–Crippen MR) is 282 cm³/mol. The maximum Gasteiger partial charge on any atom is 0.355 e. The summed E-state index contributed by atoms with van der Waals surface area (Å²) < 4.78 is 52.9. The molecule has 2 unspecified atom stereocenters. The standard InChI is InChI=1S/C55H78N8O11.CH4/c1-9-53(27-39(4)5,35-71-37-54(10-2,38-73-40(6)7)36-70-32-44-30-62(60-58-44)21-22-68-24-23-67-8)34-69-31-43-29-61(59-57-43)20-16-12-13-19-49(64)74-55(11-3)46-26-48-50-42(25-41-17-14-15-18-47(41)56-50)28-63(48)51(65)45(46)33-72-52(55)66;/h14-15,17-18,25-26,29-30,39-40H,9-13,16,19-24,27-28,31-38H2,1-8H3;1H4/t53?,54?,55-;/m0./s1. The molecule has 0 spiro atoms. The summed E-state index contributed by atoms with van der Waals surface area (Å²) in [5.41, 5.74) is 2.58. The molecule has 19 nitrogen and oxygen atoms in total. The molecular formula is C56H82N8O11. The summed E-state index contributed by atoms with van der Waals surface area (Å²) in [6, 6.07) is 11.6. The van der Waals surface area contributed by atoms with E-state index in [0.717, 1.165) is 53.5 Å². The number of fused-ring (bicyclic) bond motifs is 5. The maximum absolute atomic E-state index is 13.9. The van der Waals surface area contributed by atoms with Crippen LogP contribution in [0, 0.1) is 16.7 Å². The minimum Gasteiger partial charge on any atom is -0.457 e. The molecular weight excluding hydrogens is 961 g/mol. The summed E-state index contributed by atoms with van der Waals surface area (Å²) in [5.74, 6) is -0.778. The van der Waals surface area contributed by atoms with Crippen LogP contribution in [0.4, 0.5) is 0 Å². The largest absolute Gasteiger partial charge is 0.457 e. The number of benzene rings is 1. The van der Waals surface area contributed by atoms with Crippen LogP contribution in [-0.2, 0) is 92.5 Å². The second-order valence-electron chi connectivity index (χ2n) is 20.7. The molecule has 5 aromatic rings. The van der Waals surface area contributed by atoms with Crippen molar-refractivity contribution in [3.05, 3.63) is 87.2 Å². The Morgan fingerprint density at radius 2 is 1.48 bits per heavy atom. The van der Waals surface area contributed by atoms with Crippen molar-refractivity contribution in [2.24, 2.45) is 16.7 Å². The highest BCUT2D eigenvalue weighted by Crippen LogP contribution is 2.41. The van der Waals surface area contributed by atoms with Gasteiger partial charge in [0.2, 0.25) is 5.60 Å². The lowest BCUT2D eigenvalue weighted by atomic mass is 9.79. The normalized spacial score (nSPS) is 16.6. The van der Waals surface area contributed by atoms with Crippen LogP contribution in [0.3, 0.4) is 0 Å². The molecule has 6 heterocycles. The van der Waals surface area contributed by atoms with Gasteiger partial charge in [-0.1, -0.05) is 77.1 Å². The third-order valence-electron chi connectivity index (χ3n) is 14.2. The van der Waals surface area contributed by atoms with E-state index in [1.165, 1.54) is 0 Å². The average molecular weight is 1040 g/mol. The molecule has 2 aliphatic rings. The number of carbonyl (C=O) groups excluding carboxylic acids is 2. The van der Waals surface area contributed by atoms with E-state index in [1.807, 2.05) is 56.6 Å². The second-order valence-corrected chi connectivity index (χ2v) is 20.7. The molecule has 0 N–H and O–H groups in total. The number of aryl methyl sites for hydroxylation is 1. The monoisotopic (exact) mass is 1040 g/mol. The Kier molecular flexibility index (Phi) is 21.6. The van der Waals surface area contributed by atoms with Gasteiger partial charge < -0.3 is 42.5 Å². The number of para-hydroxylation sites is 1. The highest BCUT2D eigenvalue weighted by molar-refractivity contribution is 5.88. The van der Waals surface area contributed by atoms with Crippen molar-refractivity contribution in [1.29, 1.82) is 0 Å². The van der Waals surface area contributed by atoms with Gasteiger partial charge in [-0.05, 0) is 76.5 Å². The first-order valence-corrected chi connectivity index (χ1v) is 26.5. The topological polar surface area (TPSA) is 204 Å². The second kappa shape index (κ2) is 27.6. The van der Waals surface area contributed by atoms with Gasteiger partial charge in [0.15, 0.2) is 0 Å². The predicted octanol–water partition coefficient (Wildman–Crippen LogP) is 8.39. The zero-order valence-corrected chi connectivity index (χ0v) is 44.9. The SMILES string of the molecule is C.CCC(COCc1cn(CCOCCOC)nn1)(COCC(CC)(COCc1cn(CCCCCC(=O)O[C@]2(CC)C(=O)OCc3c2cc2n(c3=O)Cc3cc4ccccc4nc3-2)nn1)CC(C)C)COC(C)C. The van der Waals surface area contributed by atoms with Crippen LogP contribution in [0.1, 0.15) is 135 Å². The van der Waals surface area contributed by atoms with Gasteiger partial charge >= 0.3 is 11.9 Å². The van der Waals surface area contributed by atoms with Crippen LogP contribution < -0.4 is 5.56 Å². The van der Waals surface area contributed by atoms with Crippen molar-refractivity contribution in [3.63, 3.8) is 0 Å². The van der Waals surface area contributed by atoms with Crippen molar-refractivity contribution in [2.45, 2.75) is 158 Å². The number of esters is 2. The lowest BCUT2D eigenvalue weighted by Gasteiger charge is -2.37. The summed E-state index contributed by atoms with van der Waals surface area (Å²) in [6.45, 7) is 20.7. The highest BCUT2D eigenvalue weighted by atomic mass is 16.6. The highest BCUT2D eigenvalue weighted by Gasteiger charge is 2.50. The number of ether oxygens (including phenoxy) is 8. The van der Waals surface area contributed by atoms with Gasteiger partial charge in [0.25, 0.3) is 5.56 Å². The molecule has 0 amide bonds. The van der Waals surface area contributed by atoms with E-state index in [2.05, 4.69) is 48.3 Å². The first-order chi connectivity index (χ1) is 35.7. The number of cyclic esters (lactones) is 1. The molecule has 4 aromatic heterocycles. The van der Waals surface area contributed by atoms with Crippen LogP contribution in [0.2, 0.25) is 0 Å². The third-order valence-corrected chi connectivity index (χ3v) is 14.2. The van der Waals surface area contributed by atoms with E-state index in [4.69, 9.17) is 42.9 Å². The molecule has 19 heteroatoms. The van der Waals surface area contributed by atoms with Gasteiger partial charge in [0.05, 0.1) is 120 Å². The van der Waals surface area contributed by atoms with Gasteiger partial charge in [-0.25, -0.2) is 14.5 Å². The molecule has 75 heavy (non-hydrogen) atoms. The van der Waals surface area contributed by atoms with Crippen LogP contribution in [0.25, 0.3) is 22.3 Å². The number of hydrogen-bond donors (Lipinski definition) is 0. The number of unbranched alkanes of at least 4 members (excludes halogenated alkanes) is 2. The smallest absolute Gasteiger partial charge is 0.355 e. The lowest BCUT2D eigenvalue weighted by molar-refractivity contribution is -0.189. The van der Waals surface area contributed by atoms with Crippen molar-refractivity contribution in [1.82, 2.24) is 39.5 Å². The van der Waals surface area contributed by atoms with Crippen molar-refractivity contribution in [3.8, 4) is 11.4 Å². The van der Waals surface area contributed by atoms with E-state index in [-0.39, 0.29) is 49.4 Å². The Balaban J connectivity index is 0.00000914. The molecule has 0 saturated heterocycles. The van der Waals surface area contributed by atoms with Crippen molar-refractivity contribution >= 4 is 22.8 Å². The number of carbonyl (C=O) groups is 2. The number of nitrogens with zero attached hydrogens (tertiary/aromatic N) is 8. The molecule has 0 fully saturated rings. The molecule has 0 radical (unpaired) electrons. The minimum atomic E-state index is -1.73. The van der Waals surface area contributed by atoms with E-state index in [9.17, 15) is 14.4 Å². The molecule has 0 saturated carbocycles. The third kappa shape index (κ3) is 14.9. The Morgan fingerprint density at radius 3 is 2.16 bits per heavy atom. The molecule has 0 bridgehead atoms. The Morgan fingerprint density at radius 1 is 0.800 bits per heavy atom. The maximum atomic E-state index is 13.9. The Labute approximate surface area is 442 Å². The zero-order chi connectivity index (χ0) is 52.7. The number of pyridine rings is 2. The van der Waals surface area contributed by atoms with E-state index >= 15 is 0 Å². The fourth-order valence-corrected chi connectivity index (χ4v) is 9.85. The molecule has 0 aliphatic carbocycles. The van der Waals surface area contributed by atoms with Gasteiger partial charge in [-0.2, -0.15) is 0 Å². The van der Waals surface area contributed by atoms with Crippen LogP contribution in [0.15, 0.2) is 53.6 Å². The summed E-state index contributed by atoms with van der Waals surface area (Å²) >= 11 is 0. The summed E-state index contributed by atoms with van der Waals surface area (Å²) in [5, 5.41) is 18.2. The van der Waals surface area contributed by atoms with Crippen molar-refractivity contribution < 1.29 is 47.5 Å². The fraction of sp³-hybridized carbons (Fsp3) is 0.643. The number of rotatable bonds is 33. The van der Waals surface area contributed by atoms with Gasteiger partial charge in [-0.3, -0.25) is 14.3 Å².